The molecule has 0 aromatic heterocycles. The number of morpholine rings is 1. The third-order valence-corrected chi connectivity index (χ3v) is 5.77. The van der Waals surface area contributed by atoms with Gasteiger partial charge in [-0.05, 0) is 26.7 Å². The Morgan fingerprint density at radius 1 is 1.29 bits per heavy atom. The highest BCUT2D eigenvalue weighted by Gasteiger charge is 2.53. The van der Waals surface area contributed by atoms with Gasteiger partial charge in [-0.15, -0.1) is 0 Å². The Kier molecular flexibility index (Phi) is 6.19. The Morgan fingerprint density at radius 2 is 2.00 bits per heavy atom. The Labute approximate surface area is 148 Å². The fourth-order valence-electron chi connectivity index (χ4n) is 3.56. The van der Waals surface area contributed by atoms with E-state index in [4.69, 9.17) is 9.73 Å². The van der Waals surface area contributed by atoms with Crippen molar-refractivity contribution in [3.8, 4) is 0 Å². The molecule has 0 radical (unpaired) electrons. The van der Waals surface area contributed by atoms with Gasteiger partial charge in [0.2, 0.25) is 0 Å². The smallest absolute Gasteiger partial charge is 0.194 e. The summed E-state index contributed by atoms with van der Waals surface area (Å²) < 4.78 is 5.95. The van der Waals surface area contributed by atoms with E-state index in [1.807, 2.05) is 0 Å². The van der Waals surface area contributed by atoms with Gasteiger partial charge in [0.15, 0.2) is 5.96 Å². The predicted octanol–water partition coefficient (Wildman–Crippen LogP) is 2.43. The van der Waals surface area contributed by atoms with Crippen LogP contribution in [0.4, 0.5) is 0 Å². The van der Waals surface area contributed by atoms with E-state index in [0.29, 0.717) is 11.3 Å². The van der Waals surface area contributed by atoms with Crippen molar-refractivity contribution in [1.82, 2.24) is 15.1 Å². The Bertz CT molecular complexity index is 445. The van der Waals surface area contributed by atoms with Crippen LogP contribution in [0, 0.1) is 11.3 Å². The molecule has 0 spiro atoms. The van der Waals surface area contributed by atoms with Crippen molar-refractivity contribution in [2.75, 3.05) is 45.9 Å². The summed E-state index contributed by atoms with van der Waals surface area (Å²) in [5, 5.41) is 3.47. The van der Waals surface area contributed by atoms with Crippen LogP contribution in [0.5, 0.6) is 0 Å². The van der Waals surface area contributed by atoms with Gasteiger partial charge in [0.25, 0.3) is 0 Å². The summed E-state index contributed by atoms with van der Waals surface area (Å²) in [6, 6.07) is 0. The van der Waals surface area contributed by atoms with Crippen LogP contribution in [0.25, 0.3) is 0 Å². The second-order valence-electron chi connectivity index (χ2n) is 8.87. The summed E-state index contributed by atoms with van der Waals surface area (Å²) in [4.78, 5) is 9.83. The fraction of sp³-hybridized carbons (Fsp3) is 0.947. The number of rotatable bonds is 5. The Balaban J connectivity index is 1.96. The van der Waals surface area contributed by atoms with Crippen LogP contribution < -0.4 is 5.32 Å². The fourth-order valence-corrected chi connectivity index (χ4v) is 3.56. The first-order chi connectivity index (χ1) is 11.2. The topological polar surface area (TPSA) is 40.1 Å². The molecule has 0 amide bonds. The minimum Gasteiger partial charge on any atom is -0.374 e. The molecule has 2 saturated heterocycles. The molecule has 24 heavy (non-hydrogen) atoms. The zero-order chi connectivity index (χ0) is 18.0. The van der Waals surface area contributed by atoms with Crippen LogP contribution >= 0.6 is 0 Å². The molecule has 2 aliphatic heterocycles. The van der Waals surface area contributed by atoms with Gasteiger partial charge in [-0.3, -0.25) is 9.89 Å². The van der Waals surface area contributed by atoms with Gasteiger partial charge < -0.3 is 15.0 Å². The van der Waals surface area contributed by atoms with E-state index >= 15 is 0 Å². The summed E-state index contributed by atoms with van der Waals surface area (Å²) >= 11 is 0. The van der Waals surface area contributed by atoms with Gasteiger partial charge in [0.05, 0.1) is 19.3 Å². The van der Waals surface area contributed by atoms with E-state index in [2.05, 4.69) is 63.6 Å². The van der Waals surface area contributed by atoms with E-state index in [0.717, 1.165) is 51.8 Å². The van der Waals surface area contributed by atoms with Crippen molar-refractivity contribution in [3.05, 3.63) is 0 Å². The van der Waals surface area contributed by atoms with Crippen LogP contribution in [0.3, 0.4) is 0 Å². The number of nitrogens with one attached hydrogen (secondary N) is 1. The molecule has 2 aliphatic rings. The SMILES string of the molecule is CCNC(=NCC1CN(CC(C)C)CCO1)N1CC(C)(C)C1(C)C. The molecular formula is C19H38N4O. The summed E-state index contributed by atoms with van der Waals surface area (Å²) in [5.74, 6) is 1.74. The molecule has 1 atom stereocenters. The van der Waals surface area contributed by atoms with Crippen molar-refractivity contribution in [2.24, 2.45) is 16.3 Å². The van der Waals surface area contributed by atoms with Crippen molar-refractivity contribution < 1.29 is 4.74 Å². The van der Waals surface area contributed by atoms with Gasteiger partial charge in [0, 0.05) is 43.7 Å². The summed E-state index contributed by atoms with van der Waals surface area (Å²) in [5.41, 5.74) is 0.448. The molecule has 5 heteroatoms. The molecule has 2 heterocycles. The van der Waals surface area contributed by atoms with Crippen LogP contribution in [0.1, 0.15) is 48.5 Å². The minimum atomic E-state index is 0.130. The summed E-state index contributed by atoms with van der Waals surface area (Å²) in [6.45, 7) is 22.7. The van der Waals surface area contributed by atoms with Gasteiger partial charge >= 0.3 is 0 Å². The molecule has 2 fully saturated rings. The van der Waals surface area contributed by atoms with Crippen molar-refractivity contribution in [2.45, 2.75) is 60.1 Å². The van der Waals surface area contributed by atoms with Gasteiger partial charge in [-0.25, -0.2) is 0 Å². The highest BCUT2D eigenvalue weighted by molar-refractivity contribution is 5.82. The maximum absolute atomic E-state index is 5.95. The zero-order valence-electron chi connectivity index (χ0n) is 16.9. The molecule has 0 aromatic rings. The molecule has 0 bridgehead atoms. The molecule has 1 unspecified atom stereocenters. The molecule has 140 valence electrons. The quantitative estimate of drug-likeness (QED) is 0.617. The highest BCUT2D eigenvalue weighted by Crippen LogP contribution is 2.46. The second kappa shape index (κ2) is 7.61. The van der Waals surface area contributed by atoms with E-state index in [1.54, 1.807) is 0 Å². The summed E-state index contributed by atoms with van der Waals surface area (Å²) in [6.07, 6.45) is 0.212. The predicted molar refractivity (Wildman–Crippen MR) is 102 cm³/mol. The first-order valence-corrected chi connectivity index (χ1v) is 9.57. The molecule has 0 aliphatic carbocycles. The number of ether oxygens (including phenoxy) is 1. The Morgan fingerprint density at radius 3 is 2.54 bits per heavy atom. The summed E-state index contributed by atoms with van der Waals surface area (Å²) in [7, 11) is 0. The third kappa shape index (κ3) is 4.23. The lowest BCUT2D eigenvalue weighted by Gasteiger charge is -2.62. The largest absolute Gasteiger partial charge is 0.374 e. The van der Waals surface area contributed by atoms with Crippen LogP contribution in [0.2, 0.25) is 0 Å². The lowest BCUT2D eigenvalue weighted by molar-refractivity contribution is -0.0673. The van der Waals surface area contributed by atoms with E-state index in [9.17, 15) is 0 Å². The van der Waals surface area contributed by atoms with Gasteiger partial charge in [0.1, 0.15) is 0 Å². The molecular weight excluding hydrogens is 300 g/mol. The molecule has 0 aromatic carbocycles. The molecule has 5 nitrogen and oxygen atoms in total. The second-order valence-corrected chi connectivity index (χ2v) is 8.87. The van der Waals surface area contributed by atoms with Crippen LogP contribution in [0.15, 0.2) is 4.99 Å². The van der Waals surface area contributed by atoms with Crippen molar-refractivity contribution in [1.29, 1.82) is 0 Å². The lowest BCUT2D eigenvalue weighted by atomic mass is 9.65. The number of guanidine groups is 1. The average Bonchev–Trinajstić information content (AvgIpc) is 2.49. The van der Waals surface area contributed by atoms with Crippen molar-refractivity contribution in [3.63, 3.8) is 0 Å². The number of hydrogen-bond donors (Lipinski definition) is 1. The molecule has 0 saturated carbocycles. The minimum absolute atomic E-state index is 0.130. The number of nitrogens with zero attached hydrogens (tertiary/aromatic N) is 3. The first kappa shape index (κ1) is 19.5. The van der Waals surface area contributed by atoms with Gasteiger partial charge in [-0.2, -0.15) is 0 Å². The van der Waals surface area contributed by atoms with Crippen LogP contribution in [-0.4, -0.2) is 73.3 Å². The van der Waals surface area contributed by atoms with E-state index in [-0.39, 0.29) is 11.6 Å². The number of hydrogen-bond acceptors (Lipinski definition) is 3. The zero-order valence-corrected chi connectivity index (χ0v) is 16.9. The van der Waals surface area contributed by atoms with Gasteiger partial charge in [-0.1, -0.05) is 27.7 Å². The van der Waals surface area contributed by atoms with Crippen molar-refractivity contribution >= 4 is 5.96 Å². The maximum atomic E-state index is 5.95. The number of aliphatic imine (C=N–C) groups is 1. The number of likely N-dealkylation sites (tertiary alicyclic amines) is 1. The lowest BCUT2D eigenvalue weighted by Crippen LogP contribution is -2.72. The first-order valence-electron chi connectivity index (χ1n) is 9.57. The van der Waals surface area contributed by atoms with E-state index in [1.165, 1.54) is 0 Å². The average molecular weight is 339 g/mol. The third-order valence-electron chi connectivity index (χ3n) is 5.77. The monoisotopic (exact) mass is 338 g/mol. The highest BCUT2D eigenvalue weighted by atomic mass is 16.5. The van der Waals surface area contributed by atoms with E-state index < -0.39 is 0 Å². The molecule has 1 N–H and O–H groups in total. The maximum Gasteiger partial charge on any atom is 0.194 e. The normalized spacial score (nSPS) is 27.2. The molecule has 2 rings (SSSR count). The Hall–Kier alpha value is -0.810. The van der Waals surface area contributed by atoms with Crippen LogP contribution in [-0.2, 0) is 4.74 Å². The standard InChI is InChI=1S/C19H38N4O/c1-8-20-17(23-14-18(4,5)19(23,6)7)21-11-16-13-22(9-10-24-16)12-15(2)3/h15-16H,8-14H2,1-7H3,(H,20,21).